The van der Waals surface area contributed by atoms with E-state index in [1.54, 1.807) is 6.07 Å². The molecule has 14 heavy (non-hydrogen) atoms. The van der Waals surface area contributed by atoms with Gasteiger partial charge in [-0.15, -0.1) is 11.6 Å². The van der Waals surface area contributed by atoms with Gasteiger partial charge in [0.25, 0.3) is 0 Å². The Labute approximate surface area is 92.4 Å². The number of rotatable bonds is 3. The van der Waals surface area contributed by atoms with Crippen molar-refractivity contribution in [3.8, 4) is 0 Å². The van der Waals surface area contributed by atoms with E-state index < -0.39 is 0 Å². The summed E-state index contributed by atoms with van der Waals surface area (Å²) in [5.74, 6) is 0.193. The highest BCUT2D eigenvalue weighted by Crippen LogP contribution is 2.16. The molecule has 1 aromatic heterocycles. The number of amides is 1. The fraction of sp³-hybridized carbons (Fsp3) is 0.333. The topological polar surface area (TPSA) is 42.0 Å². The van der Waals surface area contributed by atoms with Gasteiger partial charge < -0.3 is 5.32 Å². The van der Waals surface area contributed by atoms with Crippen LogP contribution < -0.4 is 5.32 Å². The predicted molar refractivity (Wildman–Crippen MR) is 58.0 cm³/mol. The Balaban J connectivity index is 2.72. The lowest BCUT2D eigenvalue weighted by Gasteiger charge is -2.06. The molecule has 0 spiro atoms. The molecule has 1 amide bonds. The van der Waals surface area contributed by atoms with Crippen molar-refractivity contribution in [3.63, 3.8) is 0 Å². The van der Waals surface area contributed by atoms with E-state index in [4.69, 9.17) is 23.2 Å². The van der Waals surface area contributed by atoms with Crippen molar-refractivity contribution in [2.24, 2.45) is 0 Å². The first kappa shape index (κ1) is 11.3. The summed E-state index contributed by atoms with van der Waals surface area (Å²) in [6.45, 7) is 1.85. The number of pyridine rings is 1. The minimum Gasteiger partial charge on any atom is -0.324 e. The molecule has 0 aliphatic rings. The number of carbonyl (C=O) groups excluding carboxylic acids is 1. The van der Waals surface area contributed by atoms with Crippen LogP contribution in [0.5, 0.6) is 0 Å². The van der Waals surface area contributed by atoms with E-state index in [0.717, 1.165) is 5.56 Å². The van der Waals surface area contributed by atoms with Gasteiger partial charge >= 0.3 is 0 Å². The molecule has 1 aromatic rings. The molecule has 0 saturated heterocycles. The van der Waals surface area contributed by atoms with E-state index >= 15 is 0 Å². The SMILES string of the molecule is Cc1cc(Cl)ncc1NC(=O)CCCl. The van der Waals surface area contributed by atoms with Gasteiger partial charge in [0.1, 0.15) is 5.15 Å². The molecule has 1 N–H and O–H groups in total. The van der Waals surface area contributed by atoms with Crippen LogP contribution in [0.4, 0.5) is 5.69 Å². The minimum atomic E-state index is -0.118. The van der Waals surface area contributed by atoms with Gasteiger partial charge in [-0.05, 0) is 18.6 Å². The zero-order valence-electron chi connectivity index (χ0n) is 7.68. The Kier molecular flexibility index (Phi) is 4.17. The molecule has 0 aromatic carbocycles. The highest BCUT2D eigenvalue weighted by atomic mass is 35.5. The number of carbonyl (C=O) groups is 1. The van der Waals surface area contributed by atoms with Crippen LogP contribution in [0.15, 0.2) is 12.3 Å². The molecule has 0 bridgehead atoms. The average molecular weight is 233 g/mol. The van der Waals surface area contributed by atoms with E-state index in [-0.39, 0.29) is 5.91 Å². The number of hydrogen-bond donors (Lipinski definition) is 1. The Morgan fingerprint density at radius 3 is 2.93 bits per heavy atom. The zero-order chi connectivity index (χ0) is 10.6. The van der Waals surface area contributed by atoms with Crippen LogP contribution >= 0.6 is 23.2 Å². The molecule has 0 atom stereocenters. The Hall–Kier alpha value is -0.800. The summed E-state index contributed by atoms with van der Waals surface area (Å²) in [7, 11) is 0. The molecule has 0 unspecified atom stereocenters. The summed E-state index contributed by atoms with van der Waals surface area (Å²) in [4.78, 5) is 15.1. The highest BCUT2D eigenvalue weighted by molar-refractivity contribution is 6.29. The maximum absolute atomic E-state index is 11.2. The van der Waals surface area contributed by atoms with Crippen LogP contribution in [0.25, 0.3) is 0 Å². The van der Waals surface area contributed by atoms with Gasteiger partial charge in [-0.1, -0.05) is 11.6 Å². The van der Waals surface area contributed by atoms with Crippen molar-refractivity contribution in [1.29, 1.82) is 0 Å². The summed E-state index contributed by atoms with van der Waals surface area (Å²) in [6.07, 6.45) is 1.83. The zero-order valence-corrected chi connectivity index (χ0v) is 9.19. The number of alkyl halides is 1. The van der Waals surface area contributed by atoms with Crippen molar-refractivity contribution < 1.29 is 4.79 Å². The molecule has 1 heterocycles. The summed E-state index contributed by atoms with van der Waals surface area (Å²) in [5.41, 5.74) is 1.55. The van der Waals surface area contributed by atoms with E-state index in [1.165, 1.54) is 6.20 Å². The molecular formula is C9H10Cl2N2O. The molecule has 0 aliphatic carbocycles. The quantitative estimate of drug-likeness (QED) is 0.644. The maximum Gasteiger partial charge on any atom is 0.225 e. The van der Waals surface area contributed by atoms with E-state index in [2.05, 4.69) is 10.3 Å². The number of aryl methyl sites for hydroxylation is 1. The van der Waals surface area contributed by atoms with Crippen LogP contribution in [0.1, 0.15) is 12.0 Å². The number of nitrogens with one attached hydrogen (secondary N) is 1. The summed E-state index contributed by atoms with van der Waals surface area (Å²) in [6, 6.07) is 1.69. The highest BCUT2D eigenvalue weighted by Gasteiger charge is 2.04. The maximum atomic E-state index is 11.2. The molecule has 0 saturated carbocycles. The number of nitrogens with zero attached hydrogens (tertiary/aromatic N) is 1. The number of aromatic nitrogens is 1. The van der Waals surface area contributed by atoms with Gasteiger partial charge in [0, 0.05) is 12.3 Å². The van der Waals surface area contributed by atoms with E-state index in [1.807, 2.05) is 6.92 Å². The molecule has 1 rings (SSSR count). The molecule has 76 valence electrons. The molecule has 5 heteroatoms. The van der Waals surface area contributed by atoms with Crippen LogP contribution in [0.3, 0.4) is 0 Å². The fourth-order valence-corrected chi connectivity index (χ4v) is 1.34. The summed E-state index contributed by atoms with van der Waals surface area (Å²) < 4.78 is 0. The minimum absolute atomic E-state index is 0.118. The Morgan fingerprint density at radius 2 is 2.36 bits per heavy atom. The second-order valence-corrected chi connectivity index (χ2v) is 3.57. The van der Waals surface area contributed by atoms with Crippen molar-refractivity contribution >= 4 is 34.8 Å². The molecular weight excluding hydrogens is 223 g/mol. The largest absolute Gasteiger partial charge is 0.324 e. The Morgan fingerprint density at radius 1 is 1.64 bits per heavy atom. The van der Waals surface area contributed by atoms with Crippen LogP contribution in [0.2, 0.25) is 5.15 Å². The number of halogens is 2. The molecule has 0 fully saturated rings. The normalized spacial score (nSPS) is 9.93. The fourth-order valence-electron chi connectivity index (χ4n) is 0.951. The van der Waals surface area contributed by atoms with Crippen LogP contribution in [-0.2, 0) is 4.79 Å². The van der Waals surface area contributed by atoms with Gasteiger partial charge in [-0.3, -0.25) is 4.79 Å². The number of anilines is 1. The first-order chi connectivity index (χ1) is 6.63. The lowest BCUT2D eigenvalue weighted by atomic mass is 10.2. The van der Waals surface area contributed by atoms with Gasteiger partial charge in [0.2, 0.25) is 5.91 Å². The summed E-state index contributed by atoms with van der Waals surface area (Å²) in [5, 5.41) is 3.11. The second kappa shape index (κ2) is 5.17. The van der Waals surface area contributed by atoms with E-state index in [9.17, 15) is 4.79 Å². The molecule has 0 radical (unpaired) electrons. The third-order valence-electron chi connectivity index (χ3n) is 1.67. The van der Waals surface area contributed by atoms with Crippen molar-refractivity contribution in [2.45, 2.75) is 13.3 Å². The third kappa shape index (κ3) is 3.16. The molecule has 3 nitrogen and oxygen atoms in total. The van der Waals surface area contributed by atoms with Crippen molar-refractivity contribution in [1.82, 2.24) is 4.98 Å². The molecule has 0 aliphatic heterocycles. The van der Waals surface area contributed by atoms with Crippen LogP contribution in [0, 0.1) is 6.92 Å². The predicted octanol–water partition coefficient (Wildman–Crippen LogP) is 2.61. The number of hydrogen-bond acceptors (Lipinski definition) is 2. The smallest absolute Gasteiger partial charge is 0.225 e. The van der Waals surface area contributed by atoms with Gasteiger partial charge in [-0.2, -0.15) is 0 Å². The average Bonchev–Trinajstić information content (AvgIpc) is 2.10. The first-order valence-corrected chi connectivity index (χ1v) is 5.02. The standard InChI is InChI=1S/C9H10Cl2N2O/c1-6-4-8(11)12-5-7(6)13-9(14)2-3-10/h4-5H,2-3H2,1H3,(H,13,14). The monoisotopic (exact) mass is 232 g/mol. The van der Waals surface area contributed by atoms with Crippen LogP contribution in [-0.4, -0.2) is 16.8 Å². The van der Waals surface area contributed by atoms with Crippen molar-refractivity contribution in [3.05, 3.63) is 23.0 Å². The van der Waals surface area contributed by atoms with Gasteiger partial charge in [0.05, 0.1) is 11.9 Å². The summed E-state index contributed by atoms with van der Waals surface area (Å²) >= 11 is 11.1. The lowest BCUT2D eigenvalue weighted by Crippen LogP contribution is -2.12. The van der Waals surface area contributed by atoms with Crippen molar-refractivity contribution in [2.75, 3.05) is 11.2 Å². The van der Waals surface area contributed by atoms with E-state index in [0.29, 0.717) is 23.1 Å². The van der Waals surface area contributed by atoms with Gasteiger partial charge in [0.15, 0.2) is 0 Å². The lowest BCUT2D eigenvalue weighted by molar-refractivity contribution is -0.115. The second-order valence-electron chi connectivity index (χ2n) is 2.81. The van der Waals surface area contributed by atoms with Gasteiger partial charge in [-0.25, -0.2) is 4.98 Å². The third-order valence-corrected chi connectivity index (χ3v) is 2.07. The first-order valence-electron chi connectivity index (χ1n) is 4.11. The Bertz CT molecular complexity index is 342.